The molecule has 0 fully saturated rings. The second kappa shape index (κ2) is 12.3. The van der Waals surface area contributed by atoms with Crippen LogP contribution in [0.5, 0.6) is 0 Å². The van der Waals surface area contributed by atoms with Crippen LogP contribution < -0.4 is 5.32 Å². The molecular weight excluding hydrogens is 494 g/mol. The molecule has 0 radical (unpaired) electrons. The molecule has 0 unspecified atom stereocenters. The second-order valence-electron chi connectivity index (χ2n) is 8.28. The molecular formula is C28H25NO9. The highest BCUT2D eigenvalue weighted by atomic mass is 16.6. The van der Waals surface area contributed by atoms with Gasteiger partial charge in [0.15, 0.2) is 0 Å². The van der Waals surface area contributed by atoms with Crippen molar-refractivity contribution >= 4 is 35.5 Å². The summed E-state index contributed by atoms with van der Waals surface area (Å²) >= 11 is 0. The van der Waals surface area contributed by atoms with Gasteiger partial charge < -0.3 is 24.6 Å². The number of ether oxygens (including phenoxy) is 3. The molecule has 38 heavy (non-hydrogen) atoms. The van der Waals surface area contributed by atoms with Crippen molar-refractivity contribution in [2.45, 2.75) is 26.1 Å². The maximum Gasteiger partial charge on any atom is 0.349 e. The lowest BCUT2D eigenvalue weighted by molar-refractivity contribution is -0.157. The lowest BCUT2D eigenvalue weighted by atomic mass is 10.1. The molecule has 3 aromatic rings. The van der Waals surface area contributed by atoms with Crippen LogP contribution in [-0.4, -0.2) is 54.2 Å². The Kier molecular flexibility index (Phi) is 8.94. The first-order chi connectivity index (χ1) is 18.1. The van der Waals surface area contributed by atoms with Crippen molar-refractivity contribution in [1.82, 2.24) is 0 Å². The van der Waals surface area contributed by atoms with Crippen LogP contribution >= 0.6 is 0 Å². The summed E-state index contributed by atoms with van der Waals surface area (Å²) < 4.78 is 15.1. The Morgan fingerprint density at radius 2 is 1.18 bits per heavy atom. The van der Waals surface area contributed by atoms with Crippen LogP contribution in [0.15, 0.2) is 72.8 Å². The minimum Gasteiger partial charge on any atom is -0.478 e. The van der Waals surface area contributed by atoms with Crippen LogP contribution in [0.2, 0.25) is 0 Å². The number of hydrogen-bond acceptors (Lipinski definition) is 8. The van der Waals surface area contributed by atoms with E-state index < -0.39 is 42.0 Å². The maximum absolute atomic E-state index is 13.2. The van der Waals surface area contributed by atoms with Gasteiger partial charge in [-0.3, -0.25) is 4.79 Å². The molecule has 196 valence electrons. The van der Waals surface area contributed by atoms with E-state index in [0.717, 1.165) is 11.1 Å². The summed E-state index contributed by atoms with van der Waals surface area (Å²) in [6.45, 7) is 3.61. The molecule has 0 bridgehead atoms. The first kappa shape index (κ1) is 27.6. The number of benzene rings is 3. The quantitative estimate of drug-likeness (QED) is 0.320. The van der Waals surface area contributed by atoms with E-state index in [1.807, 2.05) is 0 Å². The van der Waals surface area contributed by atoms with Crippen molar-refractivity contribution in [3.05, 3.63) is 101 Å². The van der Waals surface area contributed by atoms with Gasteiger partial charge in [-0.1, -0.05) is 41.5 Å². The van der Waals surface area contributed by atoms with E-state index in [1.165, 1.54) is 55.6 Å². The predicted octanol–water partition coefficient (Wildman–Crippen LogP) is 3.56. The number of aliphatic carboxylic acids is 1. The Hall–Kier alpha value is -4.99. The topological polar surface area (TPSA) is 145 Å². The molecule has 3 rings (SSSR count). The molecule has 2 N–H and O–H groups in total. The summed E-state index contributed by atoms with van der Waals surface area (Å²) in [6, 6.07) is 17.9. The average Bonchev–Trinajstić information content (AvgIpc) is 2.90. The fourth-order valence-corrected chi connectivity index (χ4v) is 3.30. The zero-order valence-corrected chi connectivity index (χ0v) is 20.8. The van der Waals surface area contributed by atoms with Crippen molar-refractivity contribution in [1.29, 1.82) is 0 Å². The second-order valence-corrected chi connectivity index (χ2v) is 8.28. The van der Waals surface area contributed by atoms with Crippen LogP contribution in [0.1, 0.15) is 42.2 Å². The number of carboxylic acid groups (broad SMARTS) is 1. The van der Waals surface area contributed by atoms with E-state index >= 15 is 0 Å². The van der Waals surface area contributed by atoms with Gasteiger partial charge in [-0.2, -0.15) is 0 Å². The Bertz CT molecular complexity index is 1350. The molecule has 10 nitrogen and oxygen atoms in total. The molecule has 0 aromatic heterocycles. The third-order valence-corrected chi connectivity index (χ3v) is 5.37. The Morgan fingerprint density at radius 3 is 1.66 bits per heavy atom. The van der Waals surface area contributed by atoms with Crippen LogP contribution in [0.25, 0.3) is 0 Å². The van der Waals surface area contributed by atoms with Gasteiger partial charge in [-0.05, 0) is 56.3 Å². The van der Waals surface area contributed by atoms with Crippen molar-refractivity contribution in [3.8, 4) is 0 Å². The number of amides is 1. The molecule has 0 spiro atoms. The third kappa shape index (κ3) is 7.03. The van der Waals surface area contributed by atoms with Gasteiger partial charge in [-0.25, -0.2) is 19.2 Å². The van der Waals surface area contributed by atoms with Crippen LogP contribution in [0, 0.1) is 13.8 Å². The summed E-state index contributed by atoms with van der Waals surface area (Å²) in [7, 11) is 1.19. The van der Waals surface area contributed by atoms with E-state index in [4.69, 9.17) is 9.47 Å². The van der Waals surface area contributed by atoms with Gasteiger partial charge in [0, 0.05) is 5.69 Å². The van der Waals surface area contributed by atoms with E-state index in [0.29, 0.717) is 0 Å². The summed E-state index contributed by atoms with van der Waals surface area (Å²) in [5.74, 6) is -5.53. The molecule has 0 aliphatic rings. The highest BCUT2D eigenvalue weighted by Crippen LogP contribution is 2.18. The highest BCUT2D eigenvalue weighted by Gasteiger charge is 2.41. The first-order valence-corrected chi connectivity index (χ1v) is 11.4. The van der Waals surface area contributed by atoms with Gasteiger partial charge in [0.25, 0.3) is 5.91 Å². The number of carbonyl (C=O) groups excluding carboxylic acids is 4. The molecule has 0 aliphatic heterocycles. The summed E-state index contributed by atoms with van der Waals surface area (Å²) in [5.41, 5.74) is 2.00. The van der Waals surface area contributed by atoms with E-state index in [9.17, 15) is 29.1 Å². The zero-order valence-electron chi connectivity index (χ0n) is 20.8. The fraction of sp³-hybridized carbons (Fsp3) is 0.179. The molecule has 0 aliphatic carbocycles. The minimum atomic E-state index is -2.19. The standard InChI is InChI=1S/C28H25NO9/c1-16-7-11-18(12-8-16)27(34)37-22(24(30)29-21-6-4-5-20(15-21)26(33)36-3)23(25(31)32)38-28(35)19-13-9-17(2)10-14-19/h4-15,22-23H,1-3H3,(H,29,30)(H,31,32)/t22-,23-/m0/s1. The van der Waals surface area contributed by atoms with Gasteiger partial charge in [0.2, 0.25) is 12.2 Å². The normalized spacial score (nSPS) is 12.0. The van der Waals surface area contributed by atoms with Gasteiger partial charge in [-0.15, -0.1) is 0 Å². The Balaban J connectivity index is 1.92. The van der Waals surface area contributed by atoms with E-state index in [-0.39, 0.29) is 22.4 Å². The molecule has 0 saturated carbocycles. The average molecular weight is 520 g/mol. The van der Waals surface area contributed by atoms with Gasteiger partial charge in [0.05, 0.1) is 23.8 Å². The highest BCUT2D eigenvalue weighted by molar-refractivity contribution is 6.02. The number of methoxy groups -OCH3 is 1. The van der Waals surface area contributed by atoms with Crippen molar-refractivity contribution < 1.29 is 43.3 Å². The number of esters is 3. The smallest absolute Gasteiger partial charge is 0.349 e. The van der Waals surface area contributed by atoms with E-state index in [2.05, 4.69) is 10.1 Å². The van der Waals surface area contributed by atoms with Crippen molar-refractivity contribution in [3.63, 3.8) is 0 Å². The van der Waals surface area contributed by atoms with E-state index in [1.54, 1.807) is 38.1 Å². The summed E-state index contributed by atoms with van der Waals surface area (Å²) in [5, 5.41) is 12.3. The fourth-order valence-electron chi connectivity index (χ4n) is 3.30. The molecule has 3 aromatic carbocycles. The monoisotopic (exact) mass is 519 g/mol. The zero-order chi connectivity index (χ0) is 27.8. The third-order valence-electron chi connectivity index (χ3n) is 5.37. The van der Waals surface area contributed by atoms with Crippen LogP contribution in [0.3, 0.4) is 0 Å². The number of rotatable bonds is 9. The Morgan fingerprint density at radius 1 is 0.684 bits per heavy atom. The number of aryl methyl sites for hydroxylation is 2. The lowest BCUT2D eigenvalue weighted by Crippen LogP contribution is -2.48. The molecule has 2 atom stereocenters. The number of anilines is 1. The van der Waals surface area contributed by atoms with Crippen molar-refractivity contribution in [2.75, 3.05) is 12.4 Å². The largest absolute Gasteiger partial charge is 0.478 e. The molecule has 0 saturated heterocycles. The van der Waals surface area contributed by atoms with Crippen LogP contribution in [-0.2, 0) is 23.8 Å². The minimum absolute atomic E-state index is 0.0386. The van der Waals surface area contributed by atoms with Crippen LogP contribution in [0.4, 0.5) is 5.69 Å². The molecule has 0 heterocycles. The SMILES string of the molecule is COC(=O)c1cccc(NC(=O)[C@@H](OC(=O)c2ccc(C)cc2)[C@H](OC(=O)c2ccc(C)cc2)C(=O)O)c1. The molecule has 1 amide bonds. The summed E-state index contributed by atoms with van der Waals surface area (Å²) in [4.78, 5) is 62.8. The number of carboxylic acids is 1. The number of carbonyl (C=O) groups is 5. The van der Waals surface area contributed by atoms with Gasteiger partial charge in [0.1, 0.15) is 0 Å². The molecule has 10 heteroatoms. The maximum atomic E-state index is 13.2. The number of nitrogens with one attached hydrogen (secondary N) is 1. The first-order valence-electron chi connectivity index (χ1n) is 11.4. The Labute approximate surface area is 218 Å². The van der Waals surface area contributed by atoms with Gasteiger partial charge >= 0.3 is 23.9 Å². The lowest BCUT2D eigenvalue weighted by Gasteiger charge is -2.23. The predicted molar refractivity (Wildman–Crippen MR) is 135 cm³/mol. The summed E-state index contributed by atoms with van der Waals surface area (Å²) in [6.07, 6.45) is -4.28. The van der Waals surface area contributed by atoms with Crippen molar-refractivity contribution in [2.24, 2.45) is 0 Å². The number of hydrogen-bond donors (Lipinski definition) is 2.